The van der Waals surface area contributed by atoms with Crippen molar-refractivity contribution in [2.75, 3.05) is 13.1 Å². The summed E-state index contributed by atoms with van der Waals surface area (Å²) in [4.78, 5) is 54.4. The van der Waals surface area contributed by atoms with Crippen LogP contribution in [0, 0.1) is 36.5 Å². The van der Waals surface area contributed by atoms with Gasteiger partial charge in [-0.3, -0.25) is 29.4 Å². The highest BCUT2D eigenvalue weighted by molar-refractivity contribution is 6.32. The molecule has 2 fully saturated rings. The van der Waals surface area contributed by atoms with Gasteiger partial charge < -0.3 is 39.4 Å². The average Bonchev–Trinajstić information content (AvgIpc) is 1.48. The molecule has 454 valence electrons. The van der Waals surface area contributed by atoms with Crippen LogP contribution in [0.3, 0.4) is 0 Å². The van der Waals surface area contributed by atoms with Gasteiger partial charge in [0.15, 0.2) is 0 Å². The van der Waals surface area contributed by atoms with E-state index in [0.717, 1.165) is 70.2 Å². The summed E-state index contributed by atoms with van der Waals surface area (Å²) < 4.78 is 89.1. The standard InChI is InChI=1S/C56H54Cl2N6O8.2C2HF3O2/c1-35-41(33-71-53-21-51(69-31-39-17-37(23-59)25-61-27-39)43(19-47(53)57)29-63-15-5-3-13-49(63)55(65)66)9-7-11-45(35)46-12-8-10-42(36(46)2)34-72-54-22-52(70-32-40-18-38(24-60)26-62-28-40)44(20-48(54)58)30-64-16-6-4-14-50(64)56(67)68;2*3-2(4,5)1(6)7/h7-12,17-22,25-28,49-50H,3-6,13-16,29-34H2,1-2H3,(H,65,66)(H,67,68);2*(H,6,7)/t49-,50-;;/m0../s1. The number of nitriles is 2. The van der Waals surface area contributed by atoms with Crippen molar-refractivity contribution in [3.63, 3.8) is 0 Å². The molecular formula is C60H56Cl2F6N6O12. The Morgan fingerprint density at radius 1 is 0.547 bits per heavy atom. The number of benzene rings is 4. The predicted molar refractivity (Wildman–Crippen MR) is 298 cm³/mol. The van der Waals surface area contributed by atoms with Gasteiger partial charge >= 0.3 is 36.2 Å². The van der Waals surface area contributed by atoms with Gasteiger partial charge in [-0.1, -0.05) is 72.4 Å². The lowest BCUT2D eigenvalue weighted by Gasteiger charge is -2.33. The molecule has 8 rings (SSSR count). The van der Waals surface area contributed by atoms with Crippen LogP contribution in [0.25, 0.3) is 11.1 Å². The van der Waals surface area contributed by atoms with Gasteiger partial charge in [0.25, 0.3) is 0 Å². The zero-order valence-electron chi connectivity index (χ0n) is 46.1. The summed E-state index contributed by atoms with van der Waals surface area (Å²) in [6.07, 6.45) is 0.656. The fraction of sp³-hybridized carbons (Fsp3) is 0.333. The van der Waals surface area contributed by atoms with Gasteiger partial charge in [0, 0.05) is 72.3 Å². The lowest BCUT2D eigenvalue weighted by Crippen LogP contribution is -2.44. The third-order valence-electron chi connectivity index (χ3n) is 13.8. The van der Waals surface area contributed by atoms with Crippen LogP contribution in [0.15, 0.2) is 97.6 Å². The topological polar surface area (TPSA) is 266 Å². The summed E-state index contributed by atoms with van der Waals surface area (Å²) in [5.74, 6) is -5.47. The Bertz CT molecular complexity index is 3280. The highest BCUT2D eigenvalue weighted by Gasteiger charge is 2.39. The molecule has 0 bridgehead atoms. The van der Waals surface area contributed by atoms with Gasteiger partial charge in [-0.05, 0) is 110 Å². The summed E-state index contributed by atoms with van der Waals surface area (Å²) in [6, 6.07) is 25.6. The van der Waals surface area contributed by atoms with Crippen molar-refractivity contribution >= 4 is 47.1 Å². The van der Waals surface area contributed by atoms with Crippen molar-refractivity contribution in [3.05, 3.63) is 163 Å². The molecule has 2 atom stereocenters. The second-order valence-corrected chi connectivity index (χ2v) is 20.6. The number of carboxylic acid groups (broad SMARTS) is 4. The molecule has 0 unspecified atom stereocenters. The molecule has 2 aromatic heterocycles. The minimum atomic E-state index is -5.08. The zero-order valence-corrected chi connectivity index (χ0v) is 47.6. The Hall–Kier alpha value is -8.68. The molecule has 0 amide bonds. The maximum atomic E-state index is 12.2. The number of piperidine rings is 2. The maximum absolute atomic E-state index is 12.2. The molecule has 26 heteroatoms. The van der Waals surface area contributed by atoms with Crippen molar-refractivity contribution in [2.45, 2.75) is 116 Å². The number of aromatic nitrogens is 2. The van der Waals surface area contributed by atoms with E-state index in [0.29, 0.717) is 94.3 Å². The quantitative estimate of drug-likeness (QED) is 0.0549. The fourth-order valence-electron chi connectivity index (χ4n) is 9.40. The number of hydrogen-bond acceptors (Lipinski definition) is 14. The number of likely N-dealkylation sites (tertiary alicyclic amines) is 2. The van der Waals surface area contributed by atoms with E-state index in [1.807, 2.05) is 34.1 Å². The van der Waals surface area contributed by atoms with Gasteiger partial charge in [-0.15, -0.1) is 0 Å². The van der Waals surface area contributed by atoms with E-state index >= 15 is 0 Å². The first kappa shape index (κ1) is 66.5. The Morgan fingerprint density at radius 2 is 0.907 bits per heavy atom. The number of carboxylic acids is 4. The molecule has 4 N–H and O–H groups in total. The van der Waals surface area contributed by atoms with Crippen LogP contribution in [0.1, 0.15) is 94.2 Å². The van der Waals surface area contributed by atoms with Gasteiger partial charge in [0.05, 0.1) is 21.2 Å². The third kappa shape index (κ3) is 18.7. The van der Waals surface area contributed by atoms with E-state index in [2.05, 4.69) is 48.1 Å². The first-order valence-electron chi connectivity index (χ1n) is 26.3. The van der Waals surface area contributed by atoms with Crippen LogP contribution < -0.4 is 18.9 Å². The molecule has 0 spiro atoms. The normalized spacial score (nSPS) is 15.3. The Balaban J connectivity index is 0.000000753. The number of alkyl halides is 6. The minimum absolute atomic E-state index is 0.117. The number of ether oxygens (including phenoxy) is 4. The molecule has 0 aliphatic carbocycles. The smallest absolute Gasteiger partial charge is 0.488 e. The fourth-order valence-corrected chi connectivity index (χ4v) is 9.88. The summed E-state index contributed by atoms with van der Waals surface area (Å²) in [5.41, 5.74) is 9.55. The van der Waals surface area contributed by atoms with E-state index < -0.39 is 48.3 Å². The van der Waals surface area contributed by atoms with Crippen LogP contribution in [0.2, 0.25) is 10.0 Å². The zero-order chi connectivity index (χ0) is 62.9. The Morgan fingerprint density at radius 3 is 1.24 bits per heavy atom. The van der Waals surface area contributed by atoms with E-state index in [9.17, 15) is 56.7 Å². The van der Waals surface area contributed by atoms with Gasteiger partial charge in [-0.25, -0.2) is 9.59 Å². The van der Waals surface area contributed by atoms with Gasteiger partial charge in [0.2, 0.25) is 0 Å². The maximum Gasteiger partial charge on any atom is 0.490 e. The van der Waals surface area contributed by atoms with Crippen molar-refractivity contribution in [1.82, 2.24) is 19.8 Å². The monoisotopic (exact) mass is 1240 g/mol. The molecule has 2 aliphatic heterocycles. The average molecular weight is 1240 g/mol. The highest BCUT2D eigenvalue weighted by atomic mass is 35.5. The van der Waals surface area contributed by atoms with E-state index in [4.69, 9.17) is 62.0 Å². The van der Waals surface area contributed by atoms with Crippen molar-refractivity contribution in [2.24, 2.45) is 0 Å². The summed E-state index contributed by atoms with van der Waals surface area (Å²) in [6.45, 7) is 6.60. The lowest BCUT2D eigenvalue weighted by atomic mass is 9.92. The van der Waals surface area contributed by atoms with Gasteiger partial charge in [-0.2, -0.15) is 36.9 Å². The second-order valence-electron chi connectivity index (χ2n) is 19.7. The molecule has 4 aromatic carbocycles. The van der Waals surface area contributed by atoms with E-state index in [1.54, 1.807) is 48.8 Å². The summed E-state index contributed by atoms with van der Waals surface area (Å²) in [5, 5.41) is 53.8. The number of nitrogens with zero attached hydrogens (tertiary/aromatic N) is 6. The number of rotatable bonds is 19. The molecular weight excluding hydrogens is 1180 g/mol. The molecule has 2 aliphatic rings. The Kier molecular flexibility index (Phi) is 23.5. The number of carbonyl (C=O) groups is 4. The number of hydrogen-bond donors (Lipinski definition) is 4. The van der Waals surface area contributed by atoms with Crippen molar-refractivity contribution in [1.29, 1.82) is 10.5 Å². The first-order chi connectivity index (χ1) is 40.8. The largest absolute Gasteiger partial charge is 0.490 e. The predicted octanol–water partition coefficient (Wildman–Crippen LogP) is 12.3. The van der Waals surface area contributed by atoms with Crippen LogP contribution in [-0.2, 0) is 58.7 Å². The molecule has 18 nitrogen and oxygen atoms in total. The lowest BCUT2D eigenvalue weighted by molar-refractivity contribution is -0.193. The van der Waals surface area contributed by atoms with Crippen LogP contribution >= 0.6 is 23.2 Å². The second kappa shape index (κ2) is 30.4. The first-order valence-corrected chi connectivity index (χ1v) is 27.1. The van der Waals surface area contributed by atoms with Crippen LogP contribution in [-0.4, -0.2) is 102 Å². The number of aliphatic carboxylic acids is 4. The van der Waals surface area contributed by atoms with E-state index in [-0.39, 0.29) is 26.4 Å². The van der Waals surface area contributed by atoms with E-state index in [1.165, 1.54) is 12.4 Å². The minimum Gasteiger partial charge on any atom is -0.488 e. The third-order valence-corrected chi connectivity index (χ3v) is 14.4. The van der Waals surface area contributed by atoms with Crippen molar-refractivity contribution in [3.8, 4) is 46.3 Å². The molecule has 2 saturated heterocycles. The van der Waals surface area contributed by atoms with Crippen LogP contribution in [0.5, 0.6) is 23.0 Å². The van der Waals surface area contributed by atoms with Crippen molar-refractivity contribution < 1.29 is 84.9 Å². The summed E-state index contributed by atoms with van der Waals surface area (Å²) >= 11 is 13.9. The molecule has 4 heterocycles. The molecule has 0 radical (unpaired) electrons. The molecule has 0 saturated carbocycles. The molecule has 86 heavy (non-hydrogen) atoms. The highest BCUT2D eigenvalue weighted by Crippen LogP contribution is 2.39. The number of pyridine rings is 2. The summed E-state index contributed by atoms with van der Waals surface area (Å²) in [7, 11) is 0. The molecule has 6 aromatic rings. The number of halogens is 8. The Labute approximate surface area is 499 Å². The van der Waals surface area contributed by atoms with Crippen LogP contribution in [0.4, 0.5) is 26.3 Å². The van der Waals surface area contributed by atoms with Gasteiger partial charge in [0.1, 0.15) is 73.6 Å². The SMILES string of the molecule is Cc1c(COc2cc(OCc3cncc(C#N)c3)c(CN3CCCC[C@H]3C(=O)O)cc2Cl)cccc1-c1cccc(COc2cc(OCc3cncc(C#N)c3)c(CN3CCCC[C@H]3C(=O)O)cc2Cl)c1C.O=C(O)C(F)(F)F.O=C(O)C(F)(F)F.